The summed E-state index contributed by atoms with van der Waals surface area (Å²) in [6.07, 6.45) is 1.06. The number of benzene rings is 2. The third kappa shape index (κ3) is 4.92. The lowest BCUT2D eigenvalue weighted by atomic mass is 9.89. The predicted octanol–water partition coefficient (Wildman–Crippen LogP) is 3.99. The van der Waals surface area contributed by atoms with E-state index in [4.69, 9.17) is 4.84 Å². The molecule has 1 aliphatic heterocycles. The Kier molecular flexibility index (Phi) is 5.86. The fourth-order valence-corrected chi connectivity index (χ4v) is 3.39. The van der Waals surface area contributed by atoms with Gasteiger partial charge in [-0.2, -0.15) is 0 Å². The molecule has 1 atom stereocenters. The molecule has 3 rings (SSSR count). The molecule has 1 fully saturated rings. The van der Waals surface area contributed by atoms with Gasteiger partial charge in [-0.1, -0.05) is 35.9 Å². The minimum Gasteiger partial charge on any atom is -0.508 e. The number of aryl methyl sites for hydroxylation is 1. The highest BCUT2D eigenvalue weighted by molar-refractivity contribution is 5.67. The van der Waals surface area contributed by atoms with E-state index in [1.807, 2.05) is 38.1 Å². The summed E-state index contributed by atoms with van der Waals surface area (Å²) in [5.74, 6) is 0.343. The van der Waals surface area contributed by atoms with Crippen molar-refractivity contribution in [2.45, 2.75) is 38.6 Å². The summed E-state index contributed by atoms with van der Waals surface area (Å²) in [4.78, 5) is 17.6. The Balaban J connectivity index is 1.48. The van der Waals surface area contributed by atoms with Crippen molar-refractivity contribution in [3.63, 3.8) is 0 Å². The third-order valence-corrected chi connectivity index (χ3v) is 5.03. The van der Waals surface area contributed by atoms with Gasteiger partial charge in [-0.3, -0.25) is 0 Å². The number of phenols is 2. The van der Waals surface area contributed by atoms with Crippen LogP contribution in [0.15, 0.2) is 42.5 Å². The lowest BCUT2D eigenvalue weighted by Gasteiger charge is -2.31. The predicted molar refractivity (Wildman–Crippen MR) is 103 cm³/mol. The highest BCUT2D eigenvalue weighted by atomic mass is 16.7. The smallest absolute Gasteiger partial charge is 0.426 e. The zero-order valence-corrected chi connectivity index (χ0v) is 15.7. The molecule has 6 nitrogen and oxygen atoms in total. The van der Waals surface area contributed by atoms with Gasteiger partial charge in [-0.25, -0.2) is 4.79 Å². The average Bonchev–Trinajstić information content (AvgIpc) is 2.63. The number of nitrogens with one attached hydrogen (secondary N) is 1. The Bertz CT molecular complexity index is 783. The van der Waals surface area contributed by atoms with Crippen LogP contribution in [0.25, 0.3) is 0 Å². The molecule has 0 spiro atoms. The van der Waals surface area contributed by atoms with Crippen molar-refractivity contribution in [2.75, 3.05) is 13.1 Å². The number of amides is 1. The SMILES string of the molecule is Cc1ccc([C@H](C)NC(=O)ON2CCC(c3ccc(O)cc3O)CC2)cc1. The molecule has 0 aliphatic carbocycles. The fraction of sp³-hybridized carbons (Fsp3) is 0.381. The number of carbonyl (C=O) groups is 1. The molecule has 2 aromatic carbocycles. The molecule has 0 aromatic heterocycles. The summed E-state index contributed by atoms with van der Waals surface area (Å²) >= 11 is 0. The standard InChI is InChI=1S/C21H26N2O4/c1-14-3-5-16(6-4-14)15(2)22-21(26)27-23-11-9-17(10-12-23)19-8-7-18(24)13-20(19)25/h3-8,13,15,17,24-25H,9-12H2,1-2H3,(H,22,26)/t15-/m0/s1. The van der Waals surface area contributed by atoms with E-state index in [-0.39, 0.29) is 23.5 Å². The number of phenolic OH excluding ortho intramolecular Hbond substituents is 2. The Labute approximate surface area is 159 Å². The minimum atomic E-state index is -0.464. The molecule has 1 saturated heterocycles. The van der Waals surface area contributed by atoms with Crippen molar-refractivity contribution < 1.29 is 19.8 Å². The van der Waals surface area contributed by atoms with E-state index in [1.165, 1.54) is 11.6 Å². The van der Waals surface area contributed by atoms with E-state index < -0.39 is 6.09 Å². The number of carbonyl (C=O) groups excluding carboxylic acids is 1. The summed E-state index contributed by atoms with van der Waals surface area (Å²) in [7, 11) is 0. The summed E-state index contributed by atoms with van der Waals surface area (Å²) in [6, 6.07) is 12.6. The molecule has 144 valence electrons. The number of rotatable bonds is 4. The quantitative estimate of drug-likeness (QED) is 0.758. The van der Waals surface area contributed by atoms with E-state index in [1.54, 1.807) is 17.2 Å². The van der Waals surface area contributed by atoms with Crippen molar-refractivity contribution in [1.29, 1.82) is 0 Å². The number of piperidine rings is 1. The van der Waals surface area contributed by atoms with E-state index >= 15 is 0 Å². The topological polar surface area (TPSA) is 82.0 Å². The second-order valence-corrected chi connectivity index (χ2v) is 7.10. The van der Waals surface area contributed by atoms with Gasteiger partial charge >= 0.3 is 6.09 Å². The average molecular weight is 370 g/mol. The van der Waals surface area contributed by atoms with Crippen molar-refractivity contribution in [3.05, 3.63) is 59.2 Å². The van der Waals surface area contributed by atoms with Crippen molar-refractivity contribution >= 4 is 6.09 Å². The van der Waals surface area contributed by atoms with Gasteiger partial charge in [0.2, 0.25) is 0 Å². The number of hydrogen-bond acceptors (Lipinski definition) is 5. The van der Waals surface area contributed by atoms with Gasteiger partial charge in [0.1, 0.15) is 11.5 Å². The molecule has 0 unspecified atom stereocenters. The van der Waals surface area contributed by atoms with Crippen LogP contribution in [-0.2, 0) is 4.84 Å². The molecule has 0 saturated carbocycles. The molecule has 3 N–H and O–H groups in total. The Morgan fingerprint density at radius 3 is 2.44 bits per heavy atom. The first kappa shape index (κ1) is 19.0. The normalized spacial score (nSPS) is 16.7. The number of hydroxylamine groups is 2. The van der Waals surface area contributed by atoms with E-state index in [0.717, 1.165) is 24.0 Å². The Morgan fingerprint density at radius 2 is 1.81 bits per heavy atom. The lowest BCUT2D eigenvalue weighted by Crippen LogP contribution is -2.39. The van der Waals surface area contributed by atoms with Gasteiger partial charge < -0.3 is 20.4 Å². The van der Waals surface area contributed by atoms with Gasteiger partial charge in [0, 0.05) is 19.2 Å². The first-order valence-corrected chi connectivity index (χ1v) is 9.24. The second-order valence-electron chi connectivity index (χ2n) is 7.10. The summed E-state index contributed by atoms with van der Waals surface area (Å²) in [5, 5.41) is 23.9. The molecule has 1 heterocycles. The van der Waals surface area contributed by atoms with Crippen LogP contribution in [0.3, 0.4) is 0 Å². The molecule has 1 amide bonds. The van der Waals surface area contributed by atoms with Crippen LogP contribution < -0.4 is 5.32 Å². The largest absolute Gasteiger partial charge is 0.508 e. The number of hydrogen-bond donors (Lipinski definition) is 3. The van der Waals surface area contributed by atoms with E-state index in [9.17, 15) is 15.0 Å². The minimum absolute atomic E-state index is 0.0522. The van der Waals surface area contributed by atoms with Crippen LogP contribution in [0.4, 0.5) is 4.79 Å². The molecule has 0 bridgehead atoms. The molecular formula is C21H26N2O4. The molecule has 2 aromatic rings. The van der Waals surface area contributed by atoms with Crippen LogP contribution in [0.2, 0.25) is 0 Å². The maximum atomic E-state index is 12.2. The van der Waals surface area contributed by atoms with Gasteiger partial charge in [-0.15, -0.1) is 5.06 Å². The van der Waals surface area contributed by atoms with Crippen molar-refractivity contribution in [3.8, 4) is 11.5 Å². The van der Waals surface area contributed by atoms with E-state index in [2.05, 4.69) is 5.32 Å². The summed E-state index contributed by atoms with van der Waals surface area (Å²) in [6.45, 7) is 5.14. The van der Waals surface area contributed by atoms with Crippen molar-refractivity contribution in [1.82, 2.24) is 10.4 Å². The zero-order chi connectivity index (χ0) is 19.4. The highest BCUT2D eigenvalue weighted by Crippen LogP contribution is 2.35. The Hall–Kier alpha value is -2.73. The summed E-state index contributed by atoms with van der Waals surface area (Å²) < 4.78 is 0. The maximum Gasteiger partial charge on any atom is 0.426 e. The summed E-state index contributed by atoms with van der Waals surface area (Å²) in [5.41, 5.74) is 3.03. The Morgan fingerprint density at radius 1 is 1.15 bits per heavy atom. The molecule has 6 heteroatoms. The number of aromatic hydroxyl groups is 2. The van der Waals surface area contributed by atoms with Crippen LogP contribution in [-0.4, -0.2) is 34.5 Å². The van der Waals surface area contributed by atoms with Crippen molar-refractivity contribution in [2.24, 2.45) is 0 Å². The monoisotopic (exact) mass is 370 g/mol. The molecule has 1 aliphatic rings. The van der Waals surface area contributed by atoms with Gasteiger partial charge in [0.05, 0.1) is 6.04 Å². The molecular weight excluding hydrogens is 344 g/mol. The van der Waals surface area contributed by atoms with Crippen LogP contribution >= 0.6 is 0 Å². The second kappa shape index (κ2) is 8.31. The van der Waals surface area contributed by atoms with Gasteiger partial charge in [0.25, 0.3) is 0 Å². The molecule has 27 heavy (non-hydrogen) atoms. The van der Waals surface area contributed by atoms with Crippen LogP contribution in [0.1, 0.15) is 48.4 Å². The first-order chi connectivity index (χ1) is 12.9. The fourth-order valence-electron chi connectivity index (χ4n) is 3.39. The van der Waals surface area contributed by atoms with E-state index in [0.29, 0.717) is 13.1 Å². The van der Waals surface area contributed by atoms with Gasteiger partial charge in [-0.05, 0) is 49.8 Å². The van der Waals surface area contributed by atoms with Crippen LogP contribution in [0.5, 0.6) is 11.5 Å². The first-order valence-electron chi connectivity index (χ1n) is 9.24. The van der Waals surface area contributed by atoms with Gasteiger partial charge in [0.15, 0.2) is 0 Å². The number of nitrogens with zero attached hydrogens (tertiary/aromatic N) is 1. The molecule has 0 radical (unpaired) electrons. The third-order valence-electron chi connectivity index (χ3n) is 5.03. The maximum absolute atomic E-state index is 12.2. The van der Waals surface area contributed by atoms with Crippen LogP contribution in [0, 0.1) is 6.92 Å². The highest BCUT2D eigenvalue weighted by Gasteiger charge is 2.25. The lowest BCUT2D eigenvalue weighted by molar-refractivity contribution is -0.114. The zero-order valence-electron chi connectivity index (χ0n) is 15.7.